The van der Waals surface area contributed by atoms with Crippen LogP contribution in [0.4, 0.5) is 0 Å². The highest BCUT2D eigenvalue weighted by Crippen LogP contribution is 2.17. The van der Waals surface area contributed by atoms with E-state index in [9.17, 15) is 9.59 Å². The van der Waals surface area contributed by atoms with Crippen molar-refractivity contribution in [3.05, 3.63) is 58.4 Å². The molecule has 114 valence electrons. The zero-order valence-electron chi connectivity index (χ0n) is 12.3. The topological polar surface area (TPSA) is 89.2 Å². The molecule has 0 aliphatic carbocycles. The fourth-order valence-corrected chi connectivity index (χ4v) is 2.66. The molecule has 1 aromatic heterocycles. The van der Waals surface area contributed by atoms with Crippen molar-refractivity contribution in [3.8, 4) is 0 Å². The monoisotopic (exact) mass is 298 g/mol. The van der Waals surface area contributed by atoms with Crippen LogP contribution in [0.3, 0.4) is 0 Å². The predicted molar refractivity (Wildman–Crippen MR) is 82.1 cm³/mol. The van der Waals surface area contributed by atoms with E-state index < -0.39 is 5.91 Å². The SMILES string of the molecule is Cn1cc(C(N)=O)cc1C(=O)NCc1ccc2c(c1)CNC2. The highest BCUT2D eigenvalue weighted by Gasteiger charge is 2.15. The van der Waals surface area contributed by atoms with Gasteiger partial charge < -0.3 is 20.9 Å². The minimum absolute atomic E-state index is 0.228. The fourth-order valence-electron chi connectivity index (χ4n) is 2.66. The van der Waals surface area contributed by atoms with Crippen molar-refractivity contribution in [1.29, 1.82) is 0 Å². The lowest BCUT2D eigenvalue weighted by Gasteiger charge is -2.07. The summed E-state index contributed by atoms with van der Waals surface area (Å²) in [7, 11) is 1.71. The van der Waals surface area contributed by atoms with Gasteiger partial charge in [-0.15, -0.1) is 0 Å². The Balaban J connectivity index is 1.68. The van der Waals surface area contributed by atoms with Gasteiger partial charge in [-0.25, -0.2) is 0 Å². The van der Waals surface area contributed by atoms with Crippen molar-refractivity contribution in [2.45, 2.75) is 19.6 Å². The summed E-state index contributed by atoms with van der Waals surface area (Å²) in [5.74, 6) is -0.769. The van der Waals surface area contributed by atoms with Crippen molar-refractivity contribution >= 4 is 11.8 Å². The van der Waals surface area contributed by atoms with Crippen LogP contribution in [0.25, 0.3) is 0 Å². The number of nitrogens with zero attached hydrogens (tertiary/aromatic N) is 1. The molecule has 4 N–H and O–H groups in total. The number of nitrogens with two attached hydrogens (primary N) is 1. The summed E-state index contributed by atoms with van der Waals surface area (Å²) < 4.78 is 1.60. The summed E-state index contributed by atoms with van der Waals surface area (Å²) in [5.41, 5.74) is 9.61. The number of nitrogens with one attached hydrogen (secondary N) is 2. The van der Waals surface area contributed by atoms with Gasteiger partial charge in [0.2, 0.25) is 5.91 Å². The maximum Gasteiger partial charge on any atom is 0.268 e. The van der Waals surface area contributed by atoms with E-state index in [0.29, 0.717) is 17.8 Å². The van der Waals surface area contributed by atoms with E-state index in [1.54, 1.807) is 17.8 Å². The molecule has 1 aromatic carbocycles. The van der Waals surface area contributed by atoms with Crippen LogP contribution >= 0.6 is 0 Å². The summed E-state index contributed by atoms with van der Waals surface area (Å²) in [4.78, 5) is 23.4. The Labute approximate surface area is 128 Å². The quantitative estimate of drug-likeness (QED) is 0.774. The molecule has 2 aromatic rings. The number of rotatable bonds is 4. The largest absolute Gasteiger partial charge is 0.366 e. The van der Waals surface area contributed by atoms with Crippen LogP contribution in [0.15, 0.2) is 30.5 Å². The van der Waals surface area contributed by atoms with Gasteiger partial charge in [0.15, 0.2) is 0 Å². The van der Waals surface area contributed by atoms with E-state index in [1.807, 2.05) is 6.07 Å². The minimum Gasteiger partial charge on any atom is -0.366 e. The summed E-state index contributed by atoms with van der Waals surface area (Å²) >= 11 is 0. The van der Waals surface area contributed by atoms with Crippen molar-refractivity contribution in [2.24, 2.45) is 12.8 Å². The van der Waals surface area contributed by atoms with E-state index >= 15 is 0 Å². The average molecular weight is 298 g/mol. The van der Waals surface area contributed by atoms with Gasteiger partial charge in [0.25, 0.3) is 5.91 Å². The molecule has 2 heterocycles. The first-order valence-electron chi connectivity index (χ1n) is 7.10. The number of carbonyl (C=O) groups excluding carboxylic acids is 2. The smallest absolute Gasteiger partial charge is 0.268 e. The molecule has 0 saturated heterocycles. The molecule has 6 nitrogen and oxygen atoms in total. The summed E-state index contributed by atoms with van der Waals surface area (Å²) in [6.45, 7) is 2.22. The third-order valence-corrected chi connectivity index (χ3v) is 3.88. The number of benzene rings is 1. The zero-order chi connectivity index (χ0) is 15.7. The first-order valence-corrected chi connectivity index (χ1v) is 7.10. The van der Waals surface area contributed by atoms with E-state index in [-0.39, 0.29) is 5.91 Å². The Hall–Kier alpha value is -2.60. The molecule has 0 bridgehead atoms. The molecule has 1 aliphatic rings. The van der Waals surface area contributed by atoms with Crippen LogP contribution in [-0.4, -0.2) is 16.4 Å². The van der Waals surface area contributed by atoms with Gasteiger partial charge in [-0.1, -0.05) is 18.2 Å². The number of carbonyl (C=O) groups is 2. The Morgan fingerprint density at radius 2 is 2.05 bits per heavy atom. The van der Waals surface area contributed by atoms with Crippen LogP contribution in [0.1, 0.15) is 37.5 Å². The third kappa shape index (κ3) is 2.73. The Bertz CT molecular complexity index is 749. The highest BCUT2D eigenvalue weighted by atomic mass is 16.2. The maximum atomic E-state index is 12.2. The van der Waals surface area contributed by atoms with Gasteiger partial charge >= 0.3 is 0 Å². The standard InChI is InChI=1S/C16H18N4O2/c1-20-9-13(15(17)21)5-14(20)16(22)19-6-10-2-3-11-7-18-8-12(11)4-10/h2-5,9,18H,6-8H2,1H3,(H2,17,21)(H,19,22). The fraction of sp³-hybridized carbons (Fsp3) is 0.250. The van der Waals surface area contributed by atoms with Gasteiger partial charge in [-0.3, -0.25) is 9.59 Å². The van der Waals surface area contributed by atoms with Crippen molar-refractivity contribution in [2.75, 3.05) is 0 Å². The number of amides is 2. The molecule has 3 rings (SSSR count). The lowest BCUT2D eigenvalue weighted by Crippen LogP contribution is -2.24. The van der Waals surface area contributed by atoms with E-state index in [4.69, 9.17) is 5.73 Å². The number of hydrogen-bond acceptors (Lipinski definition) is 3. The van der Waals surface area contributed by atoms with Gasteiger partial charge in [-0.2, -0.15) is 0 Å². The molecule has 0 radical (unpaired) electrons. The van der Waals surface area contributed by atoms with Crippen LogP contribution in [0.5, 0.6) is 0 Å². The van der Waals surface area contributed by atoms with Crippen molar-refractivity contribution < 1.29 is 9.59 Å². The molecule has 2 amide bonds. The van der Waals surface area contributed by atoms with Crippen LogP contribution < -0.4 is 16.4 Å². The highest BCUT2D eigenvalue weighted by molar-refractivity contribution is 5.98. The number of fused-ring (bicyclic) bond motifs is 1. The van der Waals surface area contributed by atoms with Crippen molar-refractivity contribution in [3.63, 3.8) is 0 Å². The second kappa shape index (κ2) is 5.65. The second-order valence-electron chi connectivity index (χ2n) is 5.48. The second-order valence-corrected chi connectivity index (χ2v) is 5.48. The molecule has 0 saturated carbocycles. The Morgan fingerprint density at radius 3 is 2.77 bits per heavy atom. The molecule has 0 unspecified atom stereocenters. The Kier molecular flexibility index (Phi) is 3.68. The van der Waals surface area contributed by atoms with Crippen LogP contribution in [-0.2, 0) is 26.7 Å². The van der Waals surface area contributed by atoms with Gasteiger partial charge in [-0.05, 0) is 22.8 Å². The maximum absolute atomic E-state index is 12.2. The minimum atomic E-state index is -0.541. The normalized spacial score (nSPS) is 13.0. The van der Waals surface area contributed by atoms with E-state index in [1.165, 1.54) is 17.2 Å². The van der Waals surface area contributed by atoms with Gasteiger partial charge in [0, 0.05) is 32.9 Å². The molecular weight excluding hydrogens is 280 g/mol. The first kappa shape index (κ1) is 14.3. The van der Waals surface area contributed by atoms with Crippen LogP contribution in [0, 0.1) is 0 Å². The molecule has 0 atom stereocenters. The third-order valence-electron chi connectivity index (χ3n) is 3.88. The molecule has 0 fully saturated rings. The predicted octanol–water partition coefficient (Wildman–Crippen LogP) is 0.657. The lowest BCUT2D eigenvalue weighted by atomic mass is 10.1. The Morgan fingerprint density at radius 1 is 1.27 bits per heavy atom. The van der Waals surface area contributed by atoms with Gasteiger partial charge in [0.1, 0.15) is 5.69 Å². The molecule has 1 aliphatic heterocycles. The number of aromatic nitrogens is 1. The van der Waals surface area contributed by atoms with E-state index in [2.05, 4.69) is 22.8 Å². The average Bonchev–Trinajstić information content (AvgIpc) is 3.10. The first-order chi connectivity index (χ1) is 10.5. The number of aryl methyl sites for hydroxylation is 1. The number of hydrogen-bond donors (Lipinski definition) is 3. The van der Waals surface area contributed by atoms with Crippen molar-refractivity contribution in [1.82, 2.24) is 15.2 Å². The summed E-state index contributed by atoms with van der Waals surface area (Å²) in [6.07, 6.45) is 1.55. The molecular formula is C16H18N4O2. The molecule has 0 spiro atoms. The number of primary amides is 1. The zero-order valence-corrected chi connectivity index (χ0v) is 12.3. The summed E-state index contributed by atoms with van der Waals surface area (Å²) in [6, 6.07) is 7.72. The van der Waals surface area contributed by atoms with Crippen LogP contribution in [0.2, 0.25) is 0 Å². The van der Waals surface area contributed by atoms with E-state index in [0.717, 1.165) is 18.7 Å². The molecule has 22 heavy (non-hydrogen) atoms. The summed E-state index contributed by atoms with van der Waals surface area (Å²) in [5, 5.41) is 6.16. The van der Waals surface area contributed by atoms with Gasteiger partial charge in [0.05, 0.1) is 5.56 Å². The molecule has 6 heteroatoms. The lowest BCUT2D eigenvalue weighted by molar-refractivity contribution is 0.0942.